The number of piperazine rings is 1. The molecule has 0 bridgehead atoms. The molecule has 0 aromatic carbocycles. The van der Waals surface area contributed by atoms with E-state index in [1.54, 1.807) is 11.9 Å². The van der Waals surface area contributed by atoms with Crippen molar-refractivity contribution in [3.63, 3.8) is 0 Å². The van der Waals surface area contributed by atoms with Crippen LogP contribution in [0.1, 0.15) is 40.5 Å². The van der Waals surface area contributed by atoms with E-state index in [0.29, 0.717) is 13.1 Å². The number of rotatable bonds is 4. The van der Waals surface area contributed by atoms with Gasteiger partial charge in [0.15, 0.2) is 0 Å². The van der Waals surface area contributed by atoms with Gasteiger partial charge in [0.1, 0.15) is 5.84 Å². The number of carbonyl (C=O) groups excluding carboxylic acids is 2. The van der Waals surface area contributed by atoms with Crippen LogP contribution in [0.5, 0.6) is 0 Å². The number of allylic oxidation sites excluding steroid dienone is 1. The molecule has 1 heterocycles. The lowest BCUT2D eigenvalue weighted by Crippen LogP contribution is -2.50. The highest BCUT2D eigenvalue weighted by atomic mass is 16.5. The molecule has 2 amide bonds. The molecular weight excluding hydrogens is 308 g/mol. The Morgan fingerprint density at radius 2 is 1.62 bits per heavy atom. The van der Waals surface area contributed by atoms with Crippen molar-refractivity contribution in [2.24, 2.45) is 10.9 Å². The highest BCUT2D eigenvalue weighted by Crippen LogP contribution is 2.07. The summed E-state index contributed by atoms with van der Waals surface area (Å²) >= 11 is 0. The fraction of sp³-hybridized carbons (Fsp3) is 0.706. The number of amidine groups is 1. The van der Waals surface area contributed by atoms with Crippen LogP contribution in [-0.4, -0.2) is 65.9 Å². The predicted molar refractivity (Wildman–Crippen MR) is 96.0 cm³/mol. The molecular formula is C17H32N4O3. The van der Waals surface area contributed by atoms with E-state index in [9.17, 15) is 9.59 Å². The molecule has 0 aromatic heterocycles. The summed E-state index contributed by atoms with van der Waals surface area (Å²) in [4.78, 5) is 30.9. The zero-order valence-electron chi connectivity index (χ0n) is 15.6. The molecule has 1 saturated heterocycles. The smallest absolute Gasteiger partial charge is 0.243 e. The number of carbonyl (C=O) groups is 2. The third-order valence-electron chi connectivity index (χ3n) is 3.19. The molecule has 1 rings (SSSR count). The minimum absolute atomic E-state index is 0.00971. The van der Waals surface area contributed by atoms with Gasteiger partial charge >= 0.3 is 0 Å². The summed E-state index contributed by atoms with van der Waals surface area (Å²) in [5, 5.41) is 8.38. The van der Waals surface area contributed by atoms with Crippen LogP contribution in [0.2, 0.25) is 0 Å². The Kier molecular flexibility index (Phi) is 11.5. The standard InChI is InChI=1S/C13H22N4O3.C4H10/c1-3-4-11(14-2)16-7-9-17(10-8-16)13(19)6-5-12(18)15-20;1-4(2)3/h3-4,20H,5-10H2,1-2H3,(H,15,18);4H,1-3H3/b4-3-,14-11?;. The molecule has 24 heavy (non-hydrogen) atoms. The van der Waals surface area contributed by atoms with Gasteiger partial charge in [0.05, 0.1) is 0 Å². The van der Waals surface area contributed by atoms with Gasteiger partial charge in [0.25, 0.3) is 0 Å². The van der Waals surface area contributed by atoms with E-state index in [1.165, 1.54) is 5.48 Å². The second-order valence-corrected chi connectivity index (χ2v) is 6.22. The van der Waals surface area contributed by atoms with Crippen molar-refractivity contribution in [1.82, 2.24) is 15.3 Å². The van der Waals surface area contributed by atoms with E-state index < -0.39 is 5.91 Å². The topological polar surface area (TPSA) is 85.2 Å². The first-order chi connectivity index (χ1) is 11.3. The van der Waals surface area contributed by atoms with E-state index >= 15 is 0 Å². The largest absolute Gasteiger partial charge is 0.353 e. The molecule has 1 fully saturated rings. The molecule has 0 radical (unpaired) electrons. The Balaban J connectivity index is 0.00000118. The molecule has 138 valence electrons. The van der Waals surface area contributed by atoms with Crippen molar-refractivity contribution in [2.75, 3.05) is 33.2 Å². The number of aliphatic imine (C=N–C) groups is 1. The summed E-state index contributed by atoms with van der Waals surface area (Å²) in [6, 6.07) is 0. The Bertz CT molecular complexity index is 436. The molecule has 2 N–H and O–H groups in total. The Labute approximate surface area is 145 Å². The Morgan fingerprint density at radius 1 is 1.12 bits per heavy atom. The van der Waals surface area contributed by atoms with E-state index in [4.69, 9.17) is 5.21 Å². The lowest BCUT2D eigenvalue weighted by Gasteiger charge is -2.35. The average Bonchev–Trinajstić information content (AvgIpc) is 2.56. The summed E-state index contributed by atoms with van der Waals surface area (Å²) in [5.41, 5.74) is 1.53. The maximum Gasteiger partial charge on any atom is 0.243 e. The van der Waals surface area contributed by atoms with Crippen LogP contribution >= 0.6 is 0 Å². The highest BCUT2D eigenvalue weighted by Gasteiger charge is 2.22. The van der Waals surface area contributed by atoms with Crippen molar-refractivity contribution in [3.8, 4) is 0 Å². The summed E-state index contributed by atoms with van der Waals surface area (Å²) in [6.07, 6.45) is 4.02. The van der Waals surface area contributed by atoms with E-state index in [1.807, 2.05) is 19.1 Å². The second-order valence-electron chi connectivity index (χ2n) is 6.22. The van der Waals surface area contributed by atoms with Gasteiger partial charge in [-0.2, -0.15) is 0 Å². The van der Waals surface area contributed by atoms with Gasteiger partial charge in [-0.05, 0) is 18.9 Å². The lowest BCUT2D eigenvalue weighted by molar-refractivity contribution is -0.136. The predicted octanol–water partition coefficient (Wildman–Crippen LogP) is 1.68. The third kappa shape index (κ3) is 9.29. The van der Waals surface area contributed by atoms with Gasteiger partial charge in [-0.3, -0.25) is 19.8 Å². The van der Waals surface area contributed by atoms with Crippen LogP contribution in [0.25, 0.3) is 0 Å². The lowest BCUT2D eigenvalue weighted by atomic mass is 10.2. The van der Waals surface area contributed by atoms with Crippen LogP contribution < -0.4 is 5.48 Å². The summed E-state index contributed by atoms with van der Waals surface area (Å²) < 4.78 is 0. The summed E-state index contributed by atoms with van der Waals surface area (Å²) in [7, 11) is 1.75. The Hall–Kier alpha value is -1.89. The maximum atomic E-state index is 11.9. The molecule has 7 heteroatoms. The van der Waals surface area contributed by atoms with E-state index in [-0.39, 0.29) is 18.7 Å². The third-order valence-corrected chi connectivity index (χ3v) is 3.19. The van der Waals surface area contributed by atoms with Crippen molar-refractivity contribution >= 4 is 17.6 Å². The zero-order chi connectivity index (χ0) is 18.5. The van der Waals surface area contributed by atoms with Gasteiger partial charge in [-0.15, -0.1) is 0 Å². The number of hydrogen-bond donors (Lipinski definition) is 2. The SMILES string of the molecule is C/C=C\C(=NC)N1CCN(C(=O)CCC(=O)NO)CC1.CC(C)C. The van der Waals surface area contributed by atoms with Gasteiger partial charge in [-0.1, -0.05) is 26.8 Å². The van der Waals surface area contributed by atoms with Crippen LogP contribution in [-0.2, 0) is 9.59 Å². The second kappa shape index (κ2) is 12.5. The summed E-state index contributed by atoms with van der Waals surface area (Å²) in [5.74, 6) is 1.15. The van der Waals surface area contributed by atoms with Gasteiger partial charge in [0, 0.05) is 46.1 Å². The first kappa shape index (κ1) is 22.1. The number of nitrogens with one attached hydrogen (secondary N) is 1. The van der Waals surface area contributed by atoms with Crippen molar-refractivity contribution in [2.45, 2.75) is 40.5 Å². The number of hydrogen-bond acceptors (Lipinski definition) is 4. The van der Waals surface area contributed by atoms with Gasteiger partial charge in [0.2, 0.25) is 11.8 Å². The van der Waals surface area contributed by atoms with Crippen LogP contribution in [0.4, 0.5) is 0 Å². The first-order valence-corrected chi connectivity index (χ1v) is 8.40. The molecule has 0 unspecified atom stereocenters. The fourth-order valence-corrected chi connectivity index (χ4v) is 2.09. The minimum Gasteiger partial charge on any atom is -0.353 e. The number of hydroxylamine groups is 1. The molecule has 0 aliphatic carbocycles. The first-order valence-electron chi connectivity index (χ1n) is 8.40. The fourth-order valence-electron chi connectivity index (χ4n) is 2.09. The van der Waals surface area contributed by atoms with E-state index in [0.717, 1.165) is 24.8 Å². The minimum atomic E-state index is -0.537. The van der Waals surface area contributed by atoms with Gasteiger partial charge < -0.3 is 9.80 Å². The molecule has 0 aromatic rings. The number of amides is 2. The Morgan fingerprint density at radius 3 is 2.04 bits per heavy atom. The van der Waals surface area contributed by atoms with Crippen molar-refractivity contribution < 1.29 is 14.8 Å². The zero-order valence-corrected chi connectivity index (χ0v) is 15.6. The van der Waals surface area contributed by atoms with Crippen LogP contribution in [0.3, 0.4) is 0 Å². The van der Waals surface area contributed by atoms with Crippen molar-refractivity contribution in [1.29, 1.82) is 0 Å². The quantitative estimate of drug-likeness (QED) is 0.353. The summed E-state index contributed by atoms with van der Waals surface area (Å²) in [6.45, 7) is 11.1. The number of nitrogens with zero attached hydrogens (tertiary/aromatic N) is 3. The molecule has 0 spiro atoms. The average molecular weight is 340 g/mol. The highest BCUT2D eigenvalue weighted by molar-refractivity contribution is 5.93. The van der Waals surface area contributed by atoms with Gasteiger partial charge in [-0.25, -0.2) is 5.48 Å². The molecule has 0 atom stereocenters. The normalized spacial score (nSPS) is 15.4. The molecule has 1 aliphatic heterocycles. The monoisotopic (exact) mass is 340 g/mol. The van der Waals surface area contributed by atoms with E-state index in [2.05, 4.69) is 30.7 Å². The van der Waals surface area contributed by atoms with Crippen LogP contribution in [0.15, 0.2) is 17.1 Å². The molecule has 0 saturated carbocycles. The van der Waals surface area contributed by atoms with Crippen LogP contribution in [0, 0.1) is 5.92 Å². The molecule has 1 aliphatic rings. The van der Waals surface area contributed by atoms with Crippen molar-refractivity contribution in [3.05, 3.63) is 12.2 Å². The molecule has 7 nitrogen and oxygen atoms in total. The maximum absolute atomic E-state index is 11.9.